The number of aromatic carboxylic acids is 1. The standard InChI is InChI=1S/C27H25N3O2/c1-2-3-13-26-28-25(18-20-9-5-4-6-10-20)29-30(26)19-21-14-16-22(17-15-21)23-11-7-8-12-24(23)27(31)32/h2,4-12,14-17H,1,3,13,18-19H2,(H,31,32). The summed E-state index contributed by atoms with van der Waals surface area (Å²) in [5, 5.41) is 14.2. The summed E-state index contributed by atoms with van der Waals surface area (Å²) >= 11 is 0. The maximum atomic E-state index is 11.5. The van der Waals surface area contributed by atoms with Gasteiger partial charge in [0.15, 0.2) is 5.82 Å². The maximum absolute atomic E-state index is 11.5. The molecule has 1 heterocycles. The zero-order valence-electron chi connectivity index (χ0n) is 17.8. The molecule has 4 rings (SSSR count). The van der Waals surface area contributed by atoms with Gasteiger partial charge in [0.25, 0.3) is 0 Å². The molecular weight excluding hydrogens is 398 g/mol. The van der Waals surface area contributed by atoms with Gasteiger partial charge >= 0.3 is 5.97 Å². The molecule has 0 radical (unpaired) electrons. The largest absolute Gasteiger partial charge is 0.478 e. The lowest BCUT2D eigenvalue weighted by Crippen LogP contribution is -2.07. The Morgan fingerprint density at radius 1 is 0.938 bits per heavy atom. The summed E-state index contributed by atoms with van der Waals surface area (Å²) in [5.74, 6) is 0.823. The fourth-order valence-corrected chi connectivity index (χ4v) is 3.71. The minimum Gasteiger partial charge on any atom is -0.478 e. The average molecular weight is 424 g/mol. The first-order valence-electron chi connectivity index (χ1n) is 10.6. The molecule has 0 aliphatic carbocycles. The molecule has 0 fully saturated rings. The number of carboxylic acid groups (broad SMARTS) is 1. The van der Waals surface area contributed by atoms with Gasteiger partial charge in [0.2, 0.25) is 0 Å². The van der Waals surface area contributed by atoms with E-state index in [1.165, 1.54) is 5.56 Å². The number of benzene rings is 3. The molecule has 160 valence electrons. The van der Waals surface area contributed by atoms with Gasteiger partial charge in [0, 0.05) is 12.8 Å². The lowest BCUT2D eigenvalue weighted by molar-refractivity contribution is 0.0697. The second-order valence-electron chi connectivity index (χ2n) is 7.64. The van der Waals surface area contributed by atoms with Gasteiger partial charge in [-0.15, -0.1) is 6.58 Å². The van der Waals surface area contributed by atoms with Crippen molar-refractivity contribution in [2.24, 2.45) is 0 Å². The van der Waals surface area contributed by atoms with Gasteiger partial charge in [-0.1, -0.05) is 78.9 Å². The second kappa shape index (κ2) is 9.88. The molecule has 0 bridgehead atoms. The van der Waals surface area contributed by atoms with E-state index in [1.54, 1.807) is 12.1 Å². The molecule has 0 amide bonds. The van der Waals surface area contributed by atoms with Crippen molar-refractivity contribution in [1.82, 2.24) is 14.8 Å². The van der Waals surface area contributed by atoms with E-state index in [9.17, 15) is 9.90 Å². The Morgan fingerprint density at radius 3 is 2.38 bits per heavy atom. The van der Waals surface area contributed by atoms with Crippen LogP contribution in [0.5, 0.6) is 0 Å². The van der Waals surface area contributed by atoms with Crippen LogP contribution in [0, 0.1) is 0 Å². The van der Waals surface area contributed by atoms with Crippen molar-refractivity contribution in [3.8, 4) is 11.1 Å². The molecule has 1 aromatic heterocycles. The molecule has 0 saturated carbocycles. The highest BCUT2D eigenvalue weighted by molar-refractivity contribution is 5.95. The van der Waals surface area contributed by atoms with Gasteiger partial charge in [-0.25, -0.2) is 14.5 Å². The Balaban J connectivity index is 1.56. The lowest BCUT2D eigenvalue weighted by atomic mass is 9.99. The third kappa shape index (κ3) is 5.01. The minimum absolute atomic E-state index is 0.300. The topological polar surface area (TPSA) is 68.0 Å². The highest BCUT2D eigenvalue weighted by Crippen LogP contribution is 2.24. The van der Waals surface area contributed by atoms with Crippen molar-refractivity contribution in [1.29, 1.82) is 0 Å². The highest BCUT2D eigenvalue weighted by Gasteiger charge is 2.13. The Labute approximate surface area is 187 Å². The van der Waals surface area contributed by atoms with Crippen molar-refractivity contribution < 1.29 is 9.90 Å². The number of hydrogen-bond donors (Lipinski definition) is 1. The quantitative estimate of drug-likeness (QED) is 0.366. The Kier molecular flexibility index (Phi) is 6.56. The van der Waals surface area contributed by atoms with Crippen molar-refractivity contribution in [2.75, 3.05) is 0 Å². The molecule has 3 aromatic carbocycles. The maximum Gasteiger partial charge on any atom is 0.336 e. The third-order valence-electron chi connectivity index (χ3n) is 5.32. The van der Waals surface area contributed by atoms with E-state index < -0.39 is 5.97 Å². The van der Waals surface area contributed by atoms with Crippen LogP contribution < -0.4 is 0 Å². The van der Waals surface area contributed by atoms with E-state index in [4.69, 9.17) is 10.1 Å². The predicted molar refractivity (Wildman–Crippen MR) is 126 cm³/mol. The van der Waals surface area contributed by atoms with Gasteiger partial charge in [0.1, 0.15) is 5.82 Å². The number of carboxylic acids is 1. The number of aryl methyl sites for hydroxylation is 1. The van der Waals surface area contributed by atoms with Gasteiger partial charge in [-0.3, -0.25) is 0 Å². The van der Waals surface area contributed by atoms with Crippen molar-refractivity contribution in [3.63, 3.8) is 0 Å². The van der Waals surface area contributed by atoms with E-state index in [1.807, 2.05) is 65.4 Å². The van der Waals surface area contributed by atoms with Crippen LogP contribution in [0.25, 0.3) is 11.1 Å². The first-order valence-corrected chi connectivity index (χ1v) is 10.6. The van der Waals surface area contributed by atoms with Crippen LogP contribution in [0.3, 0.4) is 0 Å². The third-order valence-corrected chi connectivity index (χ3v) is 5.32. The fourth-order valence-electron chi connectivity index (χ4n) is 3.71. The van der Waals surface area contributed by atoms with Crippen molar-refractivity contribution in [2.45, 2.75) is 25.8 Å². The number of rotatable bonds is 9. The van der Waals surface area contributed by atoms with Crippen LogP contribution in [-0.4, -0.2) is 25.8 Å². The van der Waals surface area contributed by atoms with Crippen LogP contribution in [0.4, 0.5) is 0 Å². The number of allylic oxidation sites excluding steroid dienone is 1. The number of aromatic nitrogens is 3. The molecule has 0 spiro atoms. The summed E-state index contributed by atoms with van der Waals surface area (Å²) in [6.45, 7) is 4.43. The number of hydrogen-bond acceptors (Lipinski definition) is 3. The molecular formula is C27H25N3O2. The van der Waals surface area contributed by atoms with E-state index >= 15 is 0 Å². The molecule has 4 aromatic rings. The van der Waals surface area contributed by atoms with Crippen LogP contribution in [-0.2, 0) is 19.4 Å². The zero-order chi connectivity index (χ0) is 22.3. The number of nitrogens with zero attached hydrogens (tertiary/aromatic N) is 3. The van der Waals surface area contributed by atoms with Crippen molar-refractivity contribution >= 4 is 5.97 Å². The lowest BCUT2D eigenvalue weighted by Gasteiger charge is -2.09. The Hall–Kier alpha value is -3.99. The fraction of sp³-hybridized carbons (Fsp3) is 0.148. The monoisotopic (exact) mass is 423 g/mol. The van der Waals surface area contributed by atoms with Gasteiger partial charge in [0.05, 0.1) is 12.1 Å². The summed E-state index contributed by atoms with van der Waals surface area (Å²) in [7, 11) is 0. The van der Waals surface area contributed by atoms with Gasteiger partial charge < -0.3 is 5.11 Å². The highest BCUT2D eigenvalue weighted by atomic mass is 16.4. The molecule has 0 aliphatic rings. The molecule has 0 saturated heterocycles. The SMILES string of the molecule is C=CCCc1nc(Cc2ccccc2)nn1Cc1ccc(-c2ccccc2C(=O)O)cc1. The summed E-state index contributed by atoms with van der Waals surface area (Å²) in [6.07, 6.45) is 4.22. The van der Waals surface area contributed by atoms with Crippen LogP contribution >= 0.6 is 0 Å². The molecule has 0 aliphatic heterocycles. The second-order valence-corrected chi connectivity index (χ2v) is 7.64. The molecule has 1 N–H and O–H groups in total. The summed E-state index contributed by atoms with van der Waals surface area (Å²) in [4.78, 5) is 16.3. The molecule has 32 heavy (non-hydrogen) atoms. The minimum atomic E-state index is -0.926. The summed E-state index contributed by atoms with van der Waals surface area (Å²) < 4.78 is 1.96. The average Bonchev–Trinajstić information content (AvgIpc) is 3.19. The molecule has 5 heteroatoms. The molecule has 0 unspecified atom stereocenters. The first kappa shape index (κ1) is 21.2. The number of carbonyl (C=O) groups is 1. The van der Waals surface area contributed by atoms with Crippen LogP contribution in [0.15, 0.2) is 91.5 Å². The summed E-state index contributed by atoms with van der Waals surface area (Å²) in [6, 6.07) is 25.2. The van der Waals surface area contributed by atoms with E-state index in [0.29, 0.717) is 24.1 Å². The molecule has 5 nitrogen and oxygen atoms in total. The van der Waals surface area contributed by atoms with E-state index in [-0.39, 0.29) is 0 Å². The van der Waals surface area contributed by atoms with E-state index in [2.05, 4.69) is 18.7 Å². The van der Waals surface area contributed by atoms with Crippen LogP contribution in [0.1, 0.15) is 39.6 Å². The van der Waals surface area contributed by atoms with Gasteiger partial charge in [-0.2, -0.15) is 5.10 Å². The van der Waals surface area contributed by atoms with Crippen LogP contribution in [0.2, 0.25) is 0 Å². The Bertz CT molecular complexity index is 1210. The summed E-state index contributed by atoms with van der Waals surface area (Å²) in [5.41, 5.74) is 4.15. The predicted octanol–water partition coefficient (Wildman–Crippen LogP) is 5.40. The normalized spacial score (nSPS) is 10.8. The smallest absolute Gasteiger partial charge is 0.336 e. The van der Waals surface area contributed by atoms with Crippen molar-refractivity contribution in [3.05, 3.63) is 120 Å². The van der Waals surface area contributed by atoms with E-state index in [0.717, 1.165) is 35.6 Å². The van der Waals surface area contributed by atoms with Gasteiger partial charge in [-0.05, 0) is 34.7 Å². The Morgan fingerprint density at radius 2 is 1.66 bits per heavy atom. The molecule has 0 atom stereocenters. The zero-order valence-corrected chi connectivity index (χ0v) is 17.8. The first-order chi connectivity index (χ1) is 15.6.